The van der Waals surface area contributed by atoms with Crippen LogP contribution in [0.2, 0.25) is 0 Å². The number of benzene rings is 2. The summed E-state index contributed by atoms with van der Waals surface area (Å²) in [6, 6.07) is 12.1. The second kappa shape index (κ2) is 9.88. The molecule has 0 fully saturated rings. The molecule has 0 spiro atoms. The van der Waals surface area contributed by atoms with Crippen molar-refractivity contribution in [2.24, 2.45) is 0 Å². The lowest BCUT2D eigenvalue weighted by Crippen LogP contribution is -2.34. The molecule has 2 aromatic carbocycles. The molecule has 2 amide bonds. The Balaban J connectivity index is 1.66. The molecule has 2 rings (SSSR count). The standard InChI is InChI=1S/C18H18F2N2O3S/c19-14-7-6-13(8-15(14)20)22-17(24)9-21-18(25)11-26-10-16(23)12-4-2-1-3-5-12/h1-8,16,23H,9-11H2,(H,21,25)(H,22,24). The average Bonchev–Trinajstić information content (AvgIpc) is 2.63. The quantitative estimate of drug-likeness (QED) is 0.658. The van der Waals surface area contributed by atoms with E-state index >= 15 is 0 Å². The fraction of sp³-hybridized carbons (Fsp3) is 0.222. The number of hydrogen-bond donors (Lipinski definition) is 3. The van der Waals surface area contributed by atoms with E-state index in [2.05, 4.69) is 10.6 Å². The molecular formula is C18H18F2N2O3S. The zero-order valence-corrected chi connectivity index (χ0v) is 14.6. The van der Waals surface area contributed by atoms with Gasteiger partial charge >= 0.3 is 0 Å². The largest absolute Gasteiger partial charge is 0.388 e. The van der Waals surface area contributed by atoms with Crippen LogP contribution in [-0.4, -0.2) is 35.0 Å². The molecule has 8 heteroatoms. The van der Waals surface area contributed by atoms with Crippen molar-refractivity contribution >= 4 is 29.3 Å². The predicted molar refractivity (Wildman–Crippen MR) is 96.7 cm³/mol. The van der Waals surface area contributed by atoms with Crippen molar-refractivity contribution in [2.45, 2.75) is 6.10 Å². The Morgan fingerprint density at radius 2 is 1.77 bits per heavy atom. The second-order valence-corrected chi connectivity index (χ2v) is 6.43. The Labute approximate surface area is 153 Å². The molecule has 0 bridgehead atoms. The van der Waals surface area contributed by atoms with E-state index in [4.69, 9.17) is 0 Å². The lowest BCUT2D eigenvalue weighted by atomic mass is 10.1. The highest BCUT2D eigenvalue weighted by Crippen LogP contribution is 2.17. The van der Waals surface area contributed by atoms with Crippen molar-refractivity contribution in [1.29, 1.82) is 0 Å². The van der Waals surface area contributed by atoms with Gasteiger partial charge in [-0.1, -0.05) is 30.3 Å². The van der Waals surface area contributed by atoms with Crippen molar-refractivity contribution in [3.63, 3.8) is 0 Å². The maximum atomic E-state index is 13.1. The number of halogens is 2. The van der Waals surface area contributed by atoms with Crippen LogP contribution < -0.4 is 10.6 Å². The van der Waals surface area contributed by atoms with Crippen molar-refractivity contribution < 1.29 is 23.5 Å². The van der Waals surface area contributed by atoms with Crippen LogP contribution in [0.15, 0.2) is 48.5 Å². The first-order chi connectivity index (χ1) is 12.5. The molecule has 1 unspecified atom stereocenters. The van der Waals surface area contributed by atoms with Gasteiger partial charge in [0, 0.05) is 17.5 Å². The Hall–Kier alpha value is -2.45. The third-order valence-corrected chi connectivity index (χ3v) is 4.36. The first-order valence-electron chi connectivity index (χ1n) is 7.78. The molecule has 0 aliphatic carbocycles. The molecule has 0 aliphatic heterocycles. The Morgan fingerprint density at radius 1 is 1.04 bits per heavy atom. The molecule has 0 saturated heterocycles. The summed E-state index contributed by atoms with van der Waals surface area (Å²) in [5.41, 5.74) is 0.870. The fourth-order valence-electron chi connectivity index (χ4n) is 2.04. The van der Waals surface area contributed by atoms with Gasteiger partial charge in [0.25, 0.3) is 0 Å². The first-order valence-corrected chi connectivity index (χ1v) is 8.93. The number of aliphatic hydroxyl groups is 1. The van der Waals surface area contributed by atoms with Crippen LogP contribution in [0.3, 0.4) is 0 Å². The topological polar surface area (TPSA) is 78.4 Å². The minimum absolute atomic E-state index is 0.0857. The van der Waals surface area contributed by atoms with E-state index in [1.165, 1.54) is 17.8 Å². The number of carbonyl (C=O) groups excluding carboxylic acids is 2. The van der Waals surface area contributed by atoms with E-state index in [-0.39, 0.29) is 23.9 Å². The molecule has 0 saturated carbocycles. The van der Waals surface area contributed by atoms with Crippen LogP contribution in [0.1, 0.15) is 11.7 Å². The minimum atomic E-state index is -1.07. The highest BCUT2D eigenvalue weighted by molar-refractivity contribution is 7.99. The number of anilines is 1. The van der Waals surface area contributed by atoms with Gasteiger partial charge in [-0.3, -0.25) is 9.59 Å². The first kappa shape index (κ1) is 19.9. The molecule has 3 N–H and O–H groups in total. The zero-order chi connectivity index (χ0) is 18.9. The SMILES string of the molecule is O=C(CSCC(O)c1ccccc1)NCC(=O)Nc1ccc(F)c(F)c1. The minimum Gasteiger partial charge on any atom is -0.388 e. The van der Waals surface area contributed by atoms with Crippen LogP contribution in [0.5, 0.6) is 0 Å². The molecule has 0 aliphatic rings. The fourth-order valence-corrected chi connectivity index (χ4v) is 2.86. The van der Waals surface area contributed by atoms with Crippen LogP contribution in [-0.2, 0) is 9.59 Å². The summed E-state index contributed by atoms with van der Waals surface area (Å²) < 4.78 is 25.9. The number of hydrogen-bond acceptors (Lipinski definition) is 4. The summed E-state index contributed by atoms with van der Waals surface area (Å²) in [5, 5.41) is 14.8. The number of aliphatic hydroxyl groups excluding tert-OH is 1. The molecule has 26 heavy (non-hydrogen) atoms. The summed E-state index contributed by atoms with van der Waals surface area (Å²) in [6.45, 7) is -0.292. The van der Waals surface area contributed by atoms with E-state index in [1.807, 2.05) is 18.2 Å². The van der Waals surface area contributed by atoms with Crippen molar-refractivity contribution in [3.8, 4) is 0 Å². The van der Waals surface area contributed by atoms with E-state index < -0.39 is 23.6 Å². The molecular weight excluding hydrogens is 362 g/mol. The summed E-state index contributed by atoms with van der Waals surface area (Å²) in [5.74, 6) is -2.57. The number of amides is 2. The number of thioether (sulfide) groups is 1. The van der Waals surface area contributed by atoms with Crippen molar-refractivity contribution in [3.05, 3.63) is 65.7 Å². The van der Waals surface area contributed by atoms with Gasteiger partial charge in [-0.15, -0.1) is 11.8 Å². The molecule has 138 valence electrons. The van der Waals surface area contributed by atoms with Crippen molar-refractivity contribution in [1.82, 2.24) is 5.32 Å². The van der Waals surface area contributed by atoms with Gasteiger partial charge in [-0.2, -0.15) is 0 Å². The molecule has 1 atom stereocenters. The van der Waals surface area contributed by atoms with Gasteiger partial charge in [-0.25, -0.2) is 8.78 Å². The highest BCUT2D eigenvalue weighted by atomic mass is 32.2. The van der Waals surface area contributed by atoms with Crippen LogP contribution in [0, 0.1) is 11.6 Å². The normalized spacial score (nSPS) is 11.7. The van der Waals surface area contributed by atoms with Crippen LogP contribution in [0.4, 0.5) is 14.5 Å². The Kier molecular flexibility index (Phi) is 7.55. The maximum absolute atomic E-state index is 13.1. The van der Waals surface area contributed by atoms with Crippen molar-refractivity contribution in [2.75, 3.05) is 23.4 Å². The van der Waals surface area contributed by atoms with E-state index in [0.29, 0.717) is 5.75 Å². The van der Waals surface area contributed by atoms with Gasteiger partial charge in [0.05, 0.1) is 18.4 Å². The van der Waals surface area contributed by atoms with Gasteiger partial charge in [0.1, 0.15) is 0 Å². The lowest BCUT2D eigenvalue weighted by Gasteiger charge is -2.10. The number of nitrogens with one attached hydrogen (secondary N) is 2. The zero-order valence-electron chi connectivity index (χ0n) is 13.7. The predicted octanol–water partition coefficient (Wildman–Crippen LogP) is 2.49. The highest BCUT2D eigenvalue weighted by Gasteiger charge is 2.11. The Morgan fingerprint density at radius 3 is 2.46 bits per heavy atom. The summed E-state index contributed by atoms with van der Waals surface area (Å²) >= 11 is 1.24. The maximum Gasteiger partial charge on any atom is 0.243 e. The van der Waals surface area contributed by atoms with E-state index in [0.717, 1.165) is 17.7 Å². The average molecular weight is 380 g/mol. The Bertz CT molecular complexity index is 759. The van der Waals surface area contributed by atoms with Gasteiger partial charge in [-0.05, 0) is 17.7 Å². The summed E-state index contributed by atoms with van der Waals surface area (Å²) in [4.78, 5) is 23.4. The van der Waals surface area contributed by atoms with Crippen LogP contribution in [0.25, 0.3) is 0 Å². The molecule has 0 radical (unpaired) electrons. The molecule has 0 aromatic heterocycles. The number of carbonyl (C=O) groups is 2. The molecule has 2 aromatic rings. The van der Waals surface area contributed by atoms with Gasteiger partial charge < -0.3 is 15.7 Å². The molecule has 0 heterocycles. The number of rotatable bonds is 8. The smallest absolute Gasteiger partial charge is 0.243 e. The second-order valence-electron chi connectivity index (χ2n) is 5.40. The van der Waals surface area contributed by atoms with E-state index in [9.17, 15) is 23.5 Å². The lowest BCUT2D eigenvalue weighted by molar-refractivity contribution is -0.122. The van der Waals surface area contributed by atoms with E-state index in [1.54, 1.807) is 12.1 Å². The van der Waals surface area contributed by atoms with Gasteiger partial charge in [0.2, 0.25) is 11.8 Å². The summed E-state index contributed by atoms with van der Waals surface area (Å²) in [6.07, 6.45) is -0.675. The third-order valence-electron chi connectivity index (χ3n) is 3.34. The van der Waals surface area contributed by atoms with Crippen LogP contribution >= 0.6 is 11.8 Å². The monoisotopic (exact) mass is 380 g/mol. The summed E-state index contributed by atoms with van der Waals surface area (Å²) in [7, 11) is 0. The van der Waals surface area contributed by atoms with Gasteiger partial charge in [0.15, 0.2) is 11.6 Å². The molecule has 5 nitrogen and oxygen atoms in total. The third kappa shape index (κ3) is 6.45.